The van der Waals surface area contributed by atoms with Gasteiger partial charge in [0.1, 0.15) is 12.3 Å². The van der Waals surface area contributed by atoms with Crippen LogP contribution in [-0.2, 0) is 22.4 Å². The predicted molar refractivity (Wildman–Crippen MR) is 99.8 cm³/mol. The summed E-state index contributed by atoms with van der Waals surface area (Å²) >= 11 is 0. The Balaban J connectivity index is 1.64. The zero-order chi connectivity index (χ0) is 19.8. The summed E-state index contributed by atoms with van der Waals surface area (Å²) < 4.78 is 6.51. The van der Waals surface area contributed by atoms with Gasteiger partial charge in [0.05, 0.1) is 18.8 Å². The number of carbonyl (C=O) groups excluding carboxylic acids is 3. The van der Waals surface area contributed by atoms with Crippen molar-refractivity contribution in [3.63, 3.8) is 0 Å². The van der Waals surface area contributed by atoms with E-state index in [0.717, 1.165) is 36.0 Å². The molecule has 1 unspecified atom stereocenters. The van der Waals surface area contributed by atoms with Crippen LogP contribution in [0.5, 0.6) is 0 Å². The number of primary amides is 1. The van der Waals surface area contributed by atoms with E-state index >= 15 is 0 Å². The summed E-state index contributed by atoms with van der Waals surface area (Å²) in [6.07, 6.45) is 4.46. The van der Waals surface area contributed by atoms with Crippen molar-refractivity contribution in [2.75, 3.05) is 18.0 Å². The molecule has 0 bridgehead atoms. The van der Waals surface area contributed by atoms with E-state index in [0.29, 0.717) is 17.9 Å². The van der Waals surface area contributed by atoms with E-state index in [9.17, 15) is 14.4 Å². The second-order valence-electron chi connectivity index (χ2n) is 6.94. The third kappa shape index (κ3) is 3.19. The zero-order valence-electron chi connectivity index (χ0n) is 15.4. The lowest BCUT2D eigenvalue weighted by atomic mass is 10.0. The monoisotopic (exact) mass is 382 g/mol. The number of nitrogens with two attached hydrogens (primary N) is 1. The predicted octanol–water partition coefficient (Wildman–Crippen LogP) is 1.23. The van der Waals surface area contributed by atoms with Gasteiger partial charge >= 0.3 is 12.1 Å². The molecule has 4 rings (SSSR count). The first-order chi connectivity index (χ1) is 13.4. The van der Waals surface area contributed by atoms with Gasteiger partial charge in [-0.2, -0.15) is 9.78 Å². The van der Waals surface area contributed by atoms with Crippen molar-refractivity contribution in [2.45, 2.75) is 32.3 Å². The second kappa shape index (κ2) is 6.99. The molecule has 1 aromatic heterocycles. The van der Waals surface area contributed by atoms with Crippen LogP contribution in [-0.4, -0.2) is 47.0 Å². The third-order valence-corrected chi connectivity index (χ3v) is 4.97. The second-order valence-corrected chi connectivity index (χ2v) is 6.94. The number of aromatic nitrogens is 2. The number of hydrogen-bond donors (Lipinski definition) is 2. The Labute approximate surface area is 161 Å². The number of hydrogen-bond acceptors (Lipinski definition) is 5. The third-order valence-electron chi connectivity index (χ3n) is 4.97. The fourth-order valence-corrected chi connectivity index (χ4v) is 3.69. The maximum Gasteiger partial charge on any atom is 0.414 e. The SMILES string of the molecule is CC(=O)NCC1CN(c2ccc3c(c2)CCCc2[c]nn(C(N)=O)c2-3)C(=O)O1. The first kappa shape index (κ1) is 18.0. The van der Waals surface area contributed by atoms with Gasteiger partial charge in [-0.25, -0.2) is 9.59 Å². The maximum atomic E-state index is 12.3. The van der Waals surface area contributed by atoms with Crippen molar-refractivity contribution in [2.24, 2.45) is 5.73 Å². The number of anilines is 1. The minimum absolute atomic E-state index is 0.168. The number of aryl methyl sites for hydroxylation is 2. The summed E-state index contributed by atoms with van der Waals surface area (Å²) in [6, 6.07) is 4.97. The topological polar surface area (TPSA) is 120 Å². The molecule has 1 aliphatic carbocycles. The van der Waals surface area contributed by atoms with Gasteiger partial charge in [0.25, 0.3) is 0 Å². The lowest BCUT2D eigenvalue weighted by molar-refractivity contribution is -0.119. The summed E-state index contributed by atoms with van der Waals surface area (Å²) in [4.78, 5) is 36.6. The number of benzene rings is 1. The average molecular weight is 382 g/mol. The Kier molecular flexibility index (Phi) is 4.50. The molecule has 28 heavy (non-hydrogen) atoms. The fraction of sp³-hybridized carbons (Fsp3) is 0.368. The van der Waals surface area contributed by atoms with Crippen LogP contribution < -0.4 is 16.0 Å². The molecule has 1 atom stereocenters. The van der Waals surface area contributed by atoms with E-state index in [2.05, 4.69) is 16.6 Å². The Morgan fingerprint density at radius 3 is 2.96 bits per heavy atom. The van der Waals surface area contributed by atoms with Crippen molar-refractivity contribution in [1.29, 1.82) is 0 Å². The lowest BCUT2D eigenvalue weighted by Crippen LogP contribution is -2.33. The summed E-state index contributed by atoms with van der Waals surface area (Å²) in [5.41, 5.74) is 9.56. The number of ether oxygens (including phenoxy) is 1. The van der Waals surface area contributed by atoms with E-state index in [4.69, 9.17) is 10.5 Å². The Morgan fingerprint density at radius 2 is 2.21 bits per heavy atom. The quantitative estimate of drug-likeness (QED) is 0.827. The van der Waals surface area contributed by atoms with Crippen molar-refractivity contribution >= 4 is 23.7 Å². The number of cyclic esters (lactones) is 1. The van der Waals surface area contributed by atoms with Gasteiger partial charge in [0.2, 0.25) is 5.91 Å². The summed E-state index contributed by atoms with van der Waals surface area (Å²) in [6.45, 7) is 2.05. The molecule has 1 saturated heterocycles. The molecule has 3 N–H and O–H groups in total. The molecule has 1 fully saturated rings. The summed E-state index contributed by atoms with van der Waals surface area (Å²) in [7, 11) is 0. The molecular weight excluding hydrogens is 362 g/mol. The van der Waals surface area contributed by atoms with E-state index in [1.807, 2.05) is 18.2 Å². The molecule has 0 saturated carbocycles. The molecule has 0 spiro atoms. The van der Waals surface area contributed by atoms with Gasteiger partial charge in [0.15, 0.2) is 0 Å². The van der Waals surface area contributed by atoms with Crippen LogP contribution in [0.2, 0.25) is 0 Å². The number of nitrogens with one attached hydrogen (secondary N) is 1. The maximum absolute atomic E-state index is 12.3. The number of fused-ring (bicyclic) bond motifs is 3. The van der Waals surface area contributed by atoms with Crippen LogP contribution in [0.3, 0.4) is 0 Å². The van der Waals surface area contributed by atoms with E-state index in [-0.39, 0.29) is 12.5 Å². The van der Waals surface area contributed by atoms with Crippen molar-refractivity contribution < 1.29 is 19.1 Å². The first-order valence-electron chi connectivity index (χ1n) is 9.09. The minimum atomic E-state index is -0.654. The lowest BCUT2D eigenvalue weighted by Gasteiger charge is -2.16. The first-order valence-corrected chi connectivity index (χ1v) is 9.09. The number of rotatable bonds is 3. The van der Waals surface area contributed by atoms with Crippen LogP contribution in [0.25, 0.3) is 11.3 Å². The van der Waals surface area contributed by atoms with Gasteiger partial charge in [-0.05, 0) is 37.0 Å². The van der Waals surface area contributed by atoms with Gasteiger partial charge in [-0.15, -0.1) is 0 Å². The van der Waals surface area contributed by atoms with Crippen LogP contribution >= 0.6 is 0 Å². The Morgan fingerprint density at radius 1 is 1.39 bits per heavy atom. The van der Waals surface area contributed by atoms with Crippen LogP contribution in [0, 0.1) is 6.20 Å². The summed E-state index contributed by atoms with van der Waals surface area (Å²) in [5.74, 6) is -0.168. The standard InChI is InChI=1S/C19H20N5O4/c1-11(25)21-9-15-10-23(19(27)28-15)14-5-6-16-12(7-14)3-2-4-13-8-22-24(17(13)16)18(20)26/h5-7,15H,2-4,9-10H2,1H3,(H2,20,26)(H,21,25). The van der Waals surface area contributed by atoms with Crippen LogP contribution in [0.1, 0.15) is 24.5 Å². The smallest absolute Gasteiger partial charge is 0.414 e. The van der Waals surface area contributed by atoms with E-state index in [1.165, 1.54) is 11.6 Å². The van der Waals surface area contributed by atoms with Gasteiger partial charge in [-0.3, -0.25) is 9.69 Å². The normalized spacial score (nSPS) is 18.1. The summed E-state index contributed by atoms with van der Waals surface area (Å²) in [5, 5.41) is 6.66. The number of carbonyl (C=O) groups is 3. The average Bonchev–Trinajstić information content (AvgIpc) is 3.19. The molecule has 9 nitrogen and oxygen atoms in total. The molecule has 9 heteroatoms. The molecule has 2 aromatic rings. The van der Waals surface area contributed by atoms with Crippen molar-refractivity contribution in [3.8, 4) is 11.3 Å². The van der Waals surface area contributed by atoms with Gasteiger partial charge in [0, 0.05) is 23.7 Å². The van der Waals surface area contributed by atoms with E-state index in [1.54, 1.807) is 4.90 Å². The number of amides is 3. The highest BCUT2D eigenvalue weighted by Gasteiger charge is 2.33. The number of nitrogens with zero attached hydrogens (tertiary/aromatic N) is 3. The molecule has 1 radical (unpaired) electrons. The molecule has 1 aromatic carbocycles. The van der Waals surface area contributed by atoms with Crippen LogP contribution in [0.15, 0.2) is 18.2 Å². The zero-order valence-corrected chi connectivity index (χ0v) is 15.4. The van der Waals surface area contributed by atoms with Crippen molar-refractivity contribution in [3.05, 3.63) is 35.5 Å². The van der Waals surface area contributed by atoms with Crippen LogP contribution in [0.4, 0.5) is 15.3 Å². The Bertz CT molecular complexity index is 967. The molecular formula is C19H20N5O4. The molecule has 3 amide bonds. The fourth-order valence-electron chi connectivity index (χ4n) is 3.69. The van der Waals surface area contributed by atoms with Gasteiger partial charge < -0.3 is 15.8 Å². The highest BCUT2D eigenvalue weighted by Crippen LogP contribution is 2.35. The largest absolute Gasteiger partial charge is 0.442 e. The highest BCUT2D eigenvalue weighted by atomic mass is 16.6. The van der Waals surface area contributed by atoms with Crippen molar-refractivity contribution in [1.82, 2.24) is 15.1 Å². The minimum Gasteiger partial charge on any atom is -0.442 e. The Hall–Kier alpha value is -3.36. The molecule has 2 aliphatic rings. The van der Waals surface area contributed by atoms with E-state index < -0.39 is 18.2 Å². The highest BCUT2D eigenvalue weighted by molar-refractivity contribution is 5.91. The molecule has 145 valence electrons. The van der Waals surface area contributed by atoms with Gasteiger partial charge in [-0.1, -0.05) is 6.07 Å². The molecule has 1 aliphatic heterocycles. The molecule has 2 heterocycles.